The number of aryl methyl sites for hydroxylation is 2. The third kappa shape index (κ3) is 3.34. The summed E-state index contributed by atoms with van der Waals surface area (Å²) in [5.41, 5.74) is 0.305. The normalized spacial score (nSPS) is 23.0. The fourth-order valence-electron chi connectivity index (χ4n) is 2.89. The summed E-state index contributed by atoms with van der Waals surface area (Å²) < 4.78 is 24.8. The Hall–Kier alpha value is -1.64. The Balaban J connectivity index is 2.21. The van der Waals surface area contributed by atoms with Crippen LogP contribution in [-0.2, 0) is 16.9 Å². The third-order valence-corrected chi connectivity index (χ3v) is 5.58. The molecule has 21 heavy (non-hydrogen) atoms. The Bertz CT molecular complexity index is 652. The van der Waals surface area contributed by atoms with Gasteiger partial charge in [-0.1, -0.05) is 6.42 Å². The van der Waals surface area contributed by atoms with Crippen LogP contribution >= 0.6 is 0 Å². The number of hydrogen-bond acceptors (Lipinski definition) is 6. The van der Waals surface area contributed by atoms with Crippen LogP contribution in [0.3, 0.4) is 0 Å². The molecule has 2 unspecified atom stereocenters. The molecule has 9 heteroatoms. The highest BCUT2D eigenvalue weighted by Gasteiger charge is 2.32. The molecular weight excluding hydrogens is 296 g/mol. The SMILES string of the molecule is Cc1nn(C)c(NC2CCCC(S(C)(=O)=O)C2)c1[N+](=O)[O-]. The second-order valence-electron chi connectivity index (χ2n) is 5.62. The summed E-state index contributed by atoms with van der Waals surface area (Å²) in [5, 5.41) is 17.9. The molecule has 1 heterocycles. The Kier molecular flexibility index (Phi) is 4.22. The van der Waals surface area contributed by atoms with Gasteiger partial charge in [-0.3, -0.25) is 10.1 Å². The Morgan fingerprint density at radius 3 is 2.67 bits per heavy atom. The molecule has 0 spiro atoms. The predicted octanol–water partition coefficient (Wildman–Crippen LogP) is 1.40. The second-order valence-corrected chi connectivity index (χ2v) is 7.95. The maximum Gasteiger partial charge on any atom is 0.333 e. The Morgan fingerprint density at radius 1 is 1.43 bits per heavy atom. The van der Waals surface area contributed by atoms with E-state index in [1.54, 1.807) is 14.0 Å². The summed E-state index contributed by atoms with van der Waals surface area (Å²) in [5.74, 6) is 0.344. The molecule has 0 aromatic carbocycles. The van der Waals surface area contributed by atoms with Crippen molar-refractivity contribution in [1.82, 2.24) is 9.78 Å². The van der Waals surface area contributed by atoms with Crippen LogP contribution in [0.4, 0.5) is 11.5 Å². The zero-order valence-electron chi connectivity index (χ0n) is 12.4. The Labute approximate surface area is 123 Å². The van der Waals surface area contributed by atoms with Gasteiger partial charge < -0.3 is 5.32 Å². The molecule has 1 aliphatic carbocycles. The summed E-state index contributed by atoms with van der Waals surface area (Å²) in [6.07, 6.45) is 3.97. The van der Waals surface area contributed by atoms with Gasteiger partial charge in [-0.2, -0.15) is 5.10 Å². The van der Waals surface area contributed by atoms with Crippen molar-refractivity contribution in [2.75, 3.05) is 11.6 Å². The van der Waals surface area contributed by atoms with Crippen molar-refractivity contribution in [2.24, 2.45) is 7.05 Å². The summed E-state index contributed by atoms with van der Waals surface area (Å²) >= 11 is 0. The lowest BCUT2D eigenvalue weighted by Crippen LogP contribution is -2.34. The fourth-order valence-corrected chi connectivity index (χ4v) is 4.06. The highest BCUT2D eigenvalue weighted by molar-refractivity contribution is 7.91. The molecular formula is C12H20N4O4S. The number of aromatic nitrogens is 2. The maximum atomic E-state index is 11.7. The molecule has 0 bridgehead atoms. The summed E-state index contributed by atoms with van der Waals surface area (Å²) in [7, 11) is -1.44. The van der Waals surface area contributed by atoms with E-state index in [1.165, 1.54) is 10.9 Å². The Morgan fingerprint density at radius 2 is 2.10 bits per heavy atom. The number of nitrogens with one attached hydrogen (secondary N) is 1. The zero-order valence-corrected chi connectivity index (χ0v) is 13.2. The van der Waals surface area contributed by atoms with Crippen LogP contribution in [-0.4, -0.2) is 40.7 Å². The number of hydrogen-bond donors (Lipinski definition) is 1. The molecule has 1 saturated carbocycles. The van der Waals surface area contributed by atoms with E-state index in [4.69, 9.17) is 0 Å². The van der Waals surface area contributed by atoms with Gasteiger partial charge in [-0.15, -0.1) is 0 Å². The van der Waals surface area contributed by atoms with E-state index in [2.05, 4.69) is 10.4 Å². The number of nitrogens with zero attached hydrogens (tertiary/aromatic N) is 3. The predicted molar refractivity (Wildman–Crippen MR) is 79.1 cm³/mol. The molecule has 0 saturated heterocycles. The smallest absolute Gasteiger partial charge is 0.333 e. The van der Waals surface area contributed by atoms with Crippen molar-refractivity contribution in [2.45, 2.75) is 43.9 Å². The number of rotatable bonds is 4. The molecule has 2 rings (SSSR count). The maximum absolute atomic E-state index is 11.7. The molecule has 118 valence electrons. The molecule has 1 aromatic rings. The van der Waals surface area contributed by atoms with E-state index in [0.29, 0.717) is 24.4 Å². The topological polar surface area (TPSA) is 107 Å². The van der Waals surface area contributed by atoms with Crippen LogP contribution in [0.1, 0.15) is 31.4 Å². The minimum atomic E-state index is -3.08. The van der Waals surface area contributed by atoms with E-state index >= 15 is 0 Å². The first-order valence-corrected chi connectivity index (χ1v) is 8.79. The van der Waals surface area contributed by atoms with Crippen molar-refractivity contribution in [1.29, 1.82) is 0 Å². The monoisotopic (exact) mass is 316 g/mol. The van der Waals surface area contributed by atoms with Crippen molar-refractivity contribution in [3.05, 3.63) is 15.8 Å². The highest BCUT2D eigenvalue weighted by atomic mass is 32.2. The minimum Gasteiger partial charge on any atom is -0.362 e. The molecule has 8 nitrogen and oxygen atoms in total. The van der Waals surface area contributed by atoms with Crippen molar-refractivity contribution in [3.63, 3.8) is 0 Å². The van der Waals surface area contributed by atoms with Gasteiger partial charge in [-0.25, -0.2) is 13.1 Å². The van der Waals surface area contributed by atoms with Gasteiger partial charge in [-0.05, 0) is 26.2 Å². The van der Waals surface area contributed by atoms with E-state index in [0.717, 1.165) is 12.8 Å². The molecule has 1 aromatic heterocycles. The van der Waals surface area contributed by atoms with Gasteiger partial charge in [0.1, 0.15) is 15.5 Å². The molecule has 1 aliphatic rings. The van der Waals surface area contributed by atoms with Gasteiger partial charge in [0, 0.05) is 19.3 Å². The molecule has 0 amide bonds. The third-order valence-electron chi connectivity index (χ3n) is 3.95. The fraction of sp³-hybridized carbons (Fsp3) is 0.750. The van der Waals surface area contributed by atoms with Crippen LogP contribution in [0.25, 0.3) is 0 Å². The molecule has 0 radical (unpaired) electrons. The first-order chi connectivity index (χ1) is 9.70. The lowest BCUT2D eigenvalue weighted by atomic mass is 9.95. The first-order valence-electron chi connectivity index (χ1n) is 6.83. The van der Waals surface area contributed by atoms with Crippen LogP contribution in [0.15, 0.2) is 0 Å². The summed E-state index contributed by atoms with van der Waals surface area (Å²) in [4.78, 5) is 10.7. The van der Waals surface area contributed by atoms with Gasteiger partial charge in [0.2, 0.25) is 5.82 Å². The van der Waals surface area contributed by atoms with Gasteiger partial charge in [0.25, 0.3) is 0 Å². The van der Waals surface area contributed by atoms with Gasteiger partial charge in [0.15, 0.2) is 0 Å². The molecule has 2 atom stereocenters. The zero-order chi connectivity index (χ0) is 15.8. The lowest BCUT2D eigenvalue weighted by Gasteiger charge is -2.28. The van der Waals surface area contributed by atoms with Crippen LogP contribution in [0, 0.1) is 17.0 Å². The average molecular weight is 316 g/mol. The quantitative estimate of drug-likeness (QED) is 0.664. The van der Waals surface area contributed by atoms with Gasteiger partial charge >= 0.3 is 5.69 Å². The number of nitro groups is 1. The molecule has 1 N–H and O–H groups in total. The first kappa shape index (κ1) is 15.7. The summed E-state index contributed by atoms with van der Waals surface area (Å²) in [6, 6.07) is -0.0908. The minimum absolute atomic E-state index is 0.0426. The van der Waals surface area contributed by atoms with Crippen molar-refractivity contribution < 1.29 is 13.3 Å². The number of anilines is 1. The van der Waals surface area contributed by atoms with Gasteiger partial charge in [0.05, 0.1) is 10.2 Å². The van der Waals surface area contributed by atoms with Crippen LogP contribution in [0.2, 0.25) is 0 Å². The average Bonchev–Trinajstić information content (AvgIpc) is 2.63. The second kappa shape index (κ2) is 5.63. The van der Waals surface area contributed by atoms with E-state index in [9.17, 15) is 18.5 Å². The molecule has 0 aliphatic heterocycles. The summed E-state index contributed by atoms with van der Waals surface area (Å²) in [6.45, 7) is 1.59. The number of sulfone groups is 1. The van der Waals surface area contributed by atoms with E-state index in [-0.39, 0.29) is 17.0 Å². The van der Waals surface area contributed by atoms with Crippen molar-refractivity contribution >= 4 is 21.3 Å². The molecule has 1 fully saturated rings. The largest absolute Gasteiger partial charge is 0.362 e. The van der Waals surface area contributed by atoms with E-state index in [1.807, 2.05) is 0 Å². The highest BCUT2D eigenvalue weighted by Crippen LogP contribution is 2.31. The van der Waals surface area contributed by atoms with Crippen LogP contribution in [0.5, 0.6) is 0 Å². The van der Waals surface area contributed by atoms with Crippen molar-refractivity contribution in [3.8, 4) is 0 Å². The lowest BCUT2D eigenvalue weighted by molar-refractivity contribution is -0.384. The van der Waals surface area contributed by atoms with E-state index < -0.39 is 14.8 Å². The standard InChI is InChI=1S/C12H20N4O4S/c1-8-11(16(17)18)12(15(2)14-8)13-9-5-4-6-10(7-9)21(3,19)20/h9-10,13H,4-7H2,1-3H3. The van der Waals surface area contributed by atoms with Crippen LogP contribution < -0.4 is 5.32 Å².